The molecule has 8 heteroatoms. The van der Waals surface area contributed by atoms with Crippen molar-refractivity contribution in [2.75, 3.05) is 0 Å². The summed E-state index contributed by atoms with van der Waals surface area (Å²) < 4.78 is 0. The van der Waals surface area contributed by atoms with Crippen LogP contribution in [0.4, 0.5) is 0 Å². The number of amides is 1. The third kappa shape index (κ3) is 3.31. The molecule has 2 heterocycles. The summed E-state index contributed by atoms with van der Waals surface area (Å²) in [5, 5.41) is 13.8. The summed E-state index contributed by atoms with van der Waals surface area (Å²) in [6.45, 7) is 1.73. The maximum absolute atomic E-state index is 11.9. The van der Waals surface area contributed by atoms with Crippen molar-refractivity contribution < 1.29 is 14.7 Å². The molecule has 0 radical (unpaired) electrons. The molecule has 2 aromatic rings. The number of carbonyl (C=O) groups is 2. The lowest BCUT2D eigenvalue weighted by Crippen LogP contribution is -2.26. The van der Waals surface area contributed by atoms with Crippen molar-refractivity contribution >= 4 is 34.8 Å². The Morgan fingerprint density at radius 2 is 2.20 bits per heavy atom. The van der Waals surface area contributed by atoms with Crippen LogP contribution in [0.3, 0.4) is 0 Å². The molecule has 0 aliphatic rings. The number of aromatic carboxylic acids is 1. The molecular weight excluding hydrogens is 302 g/mol. The molecule has 0 spiro atoms. The van der Waals surface area contributed by atoms with E-state index in [1.807, 2.05) is 0 Å². The lowest BCUT2D eigenvalue weighted by atomic mass is 10.2. The Kier molecular flexibility index (Phi) is 4.31. The minimum Gasteiger partial charge on any atom is -0.476 e. The molecule has 0 aliphatic carbocycles. The Bertz CT molecular complexity index is 642. The minimum atomic E-state index is -1.09. The third-order valence-corrected chi connectivity index (χ3v) is 3.70. The van der Waals surface area contributed by atoms with E-state index in [1.165, 1.54) is 29.0 Å². The summed E-state index contributed by atoms with van der Waals surface area (Å²) in [6.07, 6.45) is 1.37. The average Bonchev–Trinajstić information content (AvgIpc) is 2.89. The zero-order chi connectivity index (χ0) is 14.7. The highest BCUT2D eigenvalue weighted by Crippen LogP contribution is 2.18. The summed E-state index contributed by atoms with van der Waals surface area (Å²) in [5.74, 6) is -1.42. The molecule has 2 aromatic heterocycles. The molecular formula is C12H10ClN3O3S. The zero-order valence-corrected chi connectivity index (χ0v) is 11.9. The molecule has 0 saturated heterocycles. The number of carbonyl (C=O) groups excluding carboxylic acids is 1. The van der Waals surface area contributed by atoms with Gasteiger partial charge in [0.15, 0.2) is 5.69 Å². The number of aromatic nitrogens is 2. The maximum atomic E-state index is 11.9. The van der Waals surface area contributed by atoms with E-state index in [-0.39, 0.29) is 11.6 Å². The van der Waals surface area contributed by atoms with Crippen molar-refractivity contribution in [2.24, 2.45) is 0 Å². The molecule has 2 rings (SSSR count). The van der Waals surface area contributed by atoms with Gasteiger partial charge >= 0.3 is 5.97 Å². The first-order valence-corrected chi connectivity index (χ1v) is 6.84. The van der Waals surface area contributed by atoms with Crippen molar-refractivity contribution in [1.29, 1.82) is 0 Å². The molecule has 2 N–H and O–H groups in total. The minimum absolute atomic E-state index is 0.0285. The topological polar surface area (TPSA) is 92.2 Å². The van der Waals surface area contributed by atoms with Crippen LogP contribution in [0, 0.1) is 0 Å². The second-order valence-electron chi connectivity index (χ2n) is 3.94. The fourth-order valence-electron chi connectivity index (χ4n) is 1.44. The number of carboxylic acid groups (broad SMARTS) is 1. The van der Waals surface area contributed by atoms with Crippen molar-refractivity contribution in [1.82, 2.24) is 15.3 Å². The van der Waals surface area contributed by atoms with Crippen LogP contribution >= 0.6 is 22.9 Å². The maximum Gasteiger partial charge on any atom is 0.355 e. The van der Waals surface area contributed by atoms with E-state index >= 15 is 0 Å². The van der Waals surface area contributed by atoms with Crippen LogP contribution < -0.4 is 5.32 Å². The predicted octanol–water partition coefficient (Wildman–Crippen LogP) is 2.38. The third-order valence-electron chi connectivity index (χ3n) is 2.45. The van der Waals surface area contributed by atoms with Gasteiger partial charge in [-0.3, -0.25) is 4.79 Å². The molecule has 1 atom stereocenters. The summed E-state index contributed by atoms with van der Waals surface area (Å²) in [4.78, 5) is 30.5. The monoisotopic (exact) mass is 311 g/mol. The van der Waals surface area contributed by atoms with Gasteiger partial charge in [0.1, 0.15) is 10.2 Å². The lowest BCUT2D eigenvalue weighted by molar-refractivity contribution is 0.0691. The number of thiazole rings is 1. The lowest BCUT2D eigenvalue weighted by Gasteiger charge is -2.10. The summed E-state index contributed by atoms with van der Waals surface area (Å²) in [6, 6.07) is 2.69. The molecule has 0 aromatic carbocycles. The second kappa shape index (κ2) is 5.98. The molecule has 20 heavy (non-hydrogen) atoms. The van der Waals surface area contributed by atoms with E-state index in [9.17, 15) is 9.59 Å². The van der Waals surface area contributed by atoms with Gasteiger partial charge < -0.3 is 10.4 Å². The highest BCUT2D eigenvalue weighted by atomic mass is 35.5. The van der Waals surface area contributed by atoms with Crippen LogP contribution in [0.15, 0.2) is 23.7 Å². The number of carboxylic acids is 1. The van der Waals surface area contributed by atoms with Crippen LogP contribution in [0.1, 0.15) is 38.8 Å². The largest absolute Gasteiger partial charge is 0.476 e. The van der Waals surface area contributed by atoms with Crippen molar-refractivity contribution in [2.45, 2.75) is 13.0 Å². The number of nitrogens with one attached hydrogen (secondary N) is 1. The first kappa shape index (κ1) is 14.4. The highest BCUT2D eigenvalue weighted by Gasteiger charge is 2.16. The first-order chi connectivity index (χ1) is 9.47. The normalized spacial score (nSPS) is 11.9. The van der Waals surface area contributed by atoms with E-state index in [0.29, 0.717) is 15.7 Å². The first-order valence-electron chi connectivity index (χ1n) is 5.58. The number of rotatable bonds is 4. The van der Waals surface area contributed by atoms with Gasteiger partial charge in [0.25, 0.3) is 5.91 Å². The number of nitrogens with zero attached hydrogens (tertiary/aromatic N) is 2. The molecule has 6 nitrogen and oxygen atoms in total. The number of pyridine rings is 1. The molecule has 0 saturated carbocycles. The van der Waals surface area contributed by atoms with Crippen molar-refractivity contribution in [3.63, 3.8) is 0 Å². The van der Waals surface area contributed by atoms with E-state index in [0.717, 1.165) is 0 Å². The van der Waals surface area contributed by atoms with Gasteiger partial charge in [0.2, 0.25) is 0 Å². The van der Waals surface area contributed by atoms with Crippen LogP contribution in [0.2, 0.25) is 5.15 Å². The predicted molar refractivity (Wildman–Crippen MR) is 74.2 cm³/mol. The van der Waals surface area contributed by atoms with Crippen LogP contribution in [-0.2, 0) is 0 Å². The van der Waals surface area contributed by atoms with E-state index in [1.54, 1.807) is 13.0 Å². The van der Waals surface area contributed by atoms with Gasteiger partial charge in [-0.25, -0.2) is 14.8 Å². The van der Waals surface area contributed by atoms with Crippen molar-refractivity contribution in [3.8, 4) is 0 Å². The quantitative estimate of drug-likeness (QED) is 0.846. The van der Waals surface area contributed by atoms with Gasteiger partial charge in [0, 0.05) is 11.6 Å². The fraction of sp³-hybridized carbons (Fsp3) is 0.167. The Morgan fingerprint density at radius 3 is 2.75 bits per heavy atom. The van der Waals surface area contributed by atoms with E-state index in [2.05, 4.69) is 15.3 Å². The van der Waals surface area contributed by atoms with Crippen LogP contribution in [-0.4, -0.2) is 27.0 Å². The summed E-state index contributed by atoms with van der Waals surface area (Å²) in [7, 11) is 0. The fourth-order valence-corrected chi connectivity index (χ4v) is 2.35. The summed E-state index contributed by atoms with van der Waals surface area (Å²) in [5.41, 5.74) is 0.343. The van der Waals surface area contributed by atoms with Crippen LogP contribution in [0.25, 0.3) is 0 Å². The zero-order valence-electron chi connectivity index (χ0n) is 10.3. The number of halogens is 1. The Hall–Kier alpha value is -1.99. The van der Waals surface area contributed by atoms with Crippen molar-refractivity contribution in [3.05, 3.63) is 45.1 Å². The molecule has 1 amide bonds. The van der Waals surface area contributed by atoms with Gasteiger partial charge in [-0.15, -0.1) is 11.3 Å². The number of hydrogen-bond acceptors (Lipinski definition) is 5. The average molecular weight is 312 g/mol. The molecule has 0 aliphatic heterocycles. The SMILES string of the molecule is CC(NC(=O)c1ccc(Cl)nc1)c1nc(C(=O)O)cs1. The molecule has 104 valence electrons. The van der Waals surface area contributed by atoms with Gasteiger partial charge in [-0.05, 0) is 19.1 Å². The van der Waals surface area contributed by atoms with Gasteiger partial charge in [-0.2, -0.15) is 0 Å². The Balaban J connectivity index is 2.06. The number of hydrogen-bond donors (Lipinski definition) is 2. The van der Waals surface area contributed by atoms with E-state index < -0.39 is 12.0 Å². The van der Waals surface area contributed by atoms with Crippen LogP contribution in [0.5, 0.6) is 0 Å². The Labute approximate surface area is 123 Å². The smallest absolute Gasteiger partial charge is 0.355 e. The van der Waals surface area contributed by atoms with Gasteiger partial charge in [0.05, 0.1) is 11.6 Å². The van der Waals surface area contributed by atoms with E-state index in [4.69, 9.17) is 16.7 Å². The molecule has 0 bridgehead atoms. The Morgan fingerprint density at radius 1 is 1.45 bits per heavy atom. The standard InChI is InChI=1S/C12H10ClN3O3S/c1-6(11-16-8(5-20-11)12(18)19)15-10(17)7-2-3-9(13)14-4-7/h2-6H,1H3,(H,15,17)(H,18,19). The molecule has 0 fully saturated rings. The highest BCUT2D eigenvalue weighted by molar-refractivity contribution is 7.09. The second-order valence-corrected chi connectivity index (χ2v) is 5.22. The molecule has 1 unspecified atom stereocenters. The van der Waals surface area contributed by atoms with Gasteiger partial charge in [-0.1, -0.05) is 11.6 Å². The summed E-state index contributed by atoms with van der Waals surface area (Å²) >= 11 is 6.83.